The largest absolute Gasteiger partial charge is 0.310 e. The molecule has 2 aliphatic heterocycles. The summed E-state index contributed by atoms with van der Waals surface area (Å²) in [5.41, 5.74) is 0.101. The topological polar surface area (TPSA) is 54.0 Å². The fourth-order valence-corrected chi connectivity index (χ4v) is 4.41. The van der Waals surface area contributed by atoms with Crippen LogP contribution in [0.25, 0.3) is 10.2 Å². The van der Waals surface area contributed by atoms with Crippen LogP contribution < -0.4 is 10.6 Å². The van der Waals surface area contributed by atoms with Crippen LogP contribution in [0.4, 0.5) is 13.9 Å². The molecule has 1 aromatic heterocycles. The average molecular weight is 323 g/mol. The van der Waals surface area contributed by atoms with E-state index in [4.69, 9.17) is 0 Å². The summed E-state index contributed by atoms with van der Waals surface area (Å²) in [6.07, 6.45) is 4.01. The maximum atomic E-state index is 13.7. The van der Waals surface area contributed by atoms with Gasteiger partial charge in [0.05, 0.1) is 10.6 Å². The molecule has 1 amide bonds. The monoisotopic (exact) mass is 323 g/mol. The van der Waals surface area contributed by atoms with Crippen LogP contribution in [0.3, 0.4) is 0 Å². The number of thiazole rings is 1. The first-order chi connectivity index (χ1) is 10.6. The van der Waals surface area contributed by atoms with E-state index < -0.39 is 11.6 Å². The molecule has 1 aromatic carbocycles. The molecule has 4 nitrogen and oxygen atoms in total. The maximum Gasteiger partial charge on any atom is 0.230 e. The van der Waals surface area contributed by atoms with Crippen LogP contribution in [-0.2, 0) is 4.79 Å². The quantitative estimate of drug-likeness (QED) is 0.893. The summed E-state index contributed by atoms with van der Waals surface area (Å²) in [6, 6.07) is 2.81. The van der Waals surface area contributed by atoms with E-state index in [0.29, 0.717) is 15.9 Å². The second-order valence-corrected chi connectivity index (χ2v) is 7.00. The molecule has 0 spiro atoms. The van der Waals surface area contributed by atoms with Crippen LogP contribution in [0.1, 0.15) is 25.7 Å². The molecule has 2 N–H and O–H groups in total. The normalized spacial score (nSPS) is 27.3. The molecule has 0 aliphatic carbocycles. The molecular formula is C15H15F2N3OS. The predicted molar refractivity (Wildman–Crippen MR) is 80.8 cm³/mol. The summed E-state index contributed by atoms with van der Waals surface area (Å²) in [5.74, 6) is -1.50. The van der Waals surface area contributed by atoms with Crippen LogP contribution in [-0.4, -0.2) is 23.0 Å². The molecule has 0 radical (unpaired) electrons. The molecule has 3 atom stereocenters. The van der Waals surface area contributed by atoms with Crippen molar-refractivity contribution >= 4 is 32.6 Å². The molecule has 7 heteroatoms. The van der Waals surface area contributed by atoms with Crippen LogP contribution in [0, 0.1) is 17.6 Å². The van der Waals surface area contributed by atoms with E-state index in [1.165, 1.54) is 6.07 Å². The smallest absolute Gasteiger partial charge is 0.230 e. The number of carbonyl (C=O) groups excluding carboxylic acids is 1. The van der Waals surface area contributed by atoms with Gasteiger partial charge in [0.15, 0.2) is 10.9 Å². The highest BCUT2D eigenvalue weighted by molar-refractivity contribution is 7.22. The Morgan fingerprint density at radius 2 is 2.09 bits per heavy atom. The number of piperidine rings is 1. The number of halogens is 2. The Morgan fingerprint density at radius 3 is 2.95 bits per heavy atom. The first-order valence-corrected chi connectivity index (χ1v) is 8.24. The van der Waals surface area contributed by atoms with E-state index in [9.17, 15) is 13.6 Å². The lowest BCUT2D eigenvalue weighted by molar-refractivity contribution is -0.121. The van der Waals surface area contributed by atoms with E-state index in [0.717, 1.165) is 43.1 Å². The average Bonchev–Trinajstić information content (AvgIpc) is 3.03. The zero-order valence-electron chi connectivity index (χ0n) is 11.7. The number of hydrogen-bond acceptors (Lipinski definition) is 4. The van der Waals surface area contributed by atoms with Gasteiger partial charge in [-0.3, -0.25) is 4.79 Å². The summed E-state index contributed by atoms with van der Waals surface area (Å²) >= 11 is 1.09. The minimum absolute atomic E-state index is 0.0765. The Hall–Kier alpha value is -1.60. The number of aromatic nitrogens is 1. The van der Waals surface area contributed by atoms with Gasteiger partial charge in [-0.2, -0.15) is 0 Å². The molecule has 3 heterocycles. The third-order valence-corrected chi connectivity index (χ3v) is 5.49. The summed E-state index contributed by atoms with van der Waals surface area (Å²) in [6.45, 7) is 0. The van der Waals surface area contributed by atoms with Crippen molar-refractivity contribution in [2.45, 2.75) is 37.8 Å². The van der Waals surface area contributed by atoms with Crippen molar-refractivity contribution < 1.29 is 13.6 Å². The van der Waals surface area contributed by atoms with Gasteiger partial charge in [-0.25, -0.2) is 13.8 Å². The molecule has 116 valence electrons. The second-order valence-electron chi connectivity index (χ2n) is 5.97. The Balaban J connectivity index is 1.55. The van der Waals surface area contributed by atoms with Gasteiger partial charge < -0.3 is 10.6 Å². The molecule has 3 unspecified atom stereocenters. The van der Waals surface area contributed by atoms with E-state index in [1.54, 1.807) is 0 Å². The highest BCUT2D eigenvalue weighted by Gasteiger charge is 2.39. The van der Waals surface area contributed by atoms with Gasteiger partial charge in [-0.05, 0) is 31.7 Å². The van der Waals surface area contributed by atoms with Crippen molar-refractivity contribution in [1.82, 2.24) is 10.3 Å². The van der Waals surface area contributed by atoms with E-state index in [2.05, 4.69) is 15.6 Å². The predicted octanol–water partition coefficient (Wildman–Crippen LogP) is 3.04. The van der Waals surface area contributed by atoms with Gasteiger partial charge in [0, 0.05) is 18.2 Å². The SMILES string of the molecule is O=C(Nc1nc2c(F)cc(F)cc2s1)C1CCC2CCC1N2. The summed E-state index contributed by atoms with van der Waals surface area (Å²) in [5, 5.41) is 6.56. The van der Waals surface area contributed by atoms with E-state index in [1.807, 2.05) is 0 Å². The minimum atomic E-state index is -0.704. The van der Waals surface area contributed by atoms with Crippen molar-refractivity contribution in [2.24, 2.45) is 5.92 Å². The van der Waals surface area contributed by atoms with Gasteiger partial charge in [-0.15, -0.1) is 0 Å². The van der Waals surface area contributed by atoms with Gasteiger partial charge in [0.2, 0.25) is 5.91 Å². The van der Waals surface area contributed by atoms with Crippen molar-refractivity contribution in [3.63, 3.8) is 0 Å². The molecule has 22 heavy (non-hydrogen) atoms. The molecule has 2 saturated heterocycles. The molecular weight excluding hydrogens is 308 g/mol. The van der Waals surface area contributed by atoms with Gasteiger partial charge in [-0.1, -0.05) is 11.3 Å². The number of nitrogens with zero attached hydrogens (tertiary/aromatic N) is 1. The van der Waals surface area contributed by atoms with Crippen LogP contribution in [0.5, 0.6) is 0 Å². The number of nitrogens with one attached hydrogen (secondary N) is 2. The van der Waals surface area contributed by atoms with Crippen molar-refractivity contribution in [3.05, 3.63) is 23.8 Å². The third kappa shape index (κ3) is 2.38. The fourth-order valence-electron chi connectivity index (χ4n) is 3.50. The Morgan fingerprint density at radius 1 is 1.27 bits per heavy atom. The lowest BCUT2D eigenvalue weighted by Crippen LogP contribution is -2.45. The number of fused-ring (bicyclic) bond motifs is 3. The first-order valence-electron chi connectivity index (χ1n) is 7.42. The number of anilines is 1. The lowest BCUT2D eigenvalue weighted by Gasteiger charge is -2.28. The standard InChI is InChI=1S/C15H15F2N3OS/c16-7-5-10(17)13-12(6-7)22-15(19-13)20-14(21)9-3-1-8-2-4-11(9)18-8/h5-6,8-9,11,18H,1-4H2,(H,19,20,21). The molecule has 2 fully saturated rings. The number of amides is 1. The zero-order chi connectivity index (χ0) is 15.3. The van der Waals surface area contributed by atoms with Crippen LogP contribution >= 0.6 is 11.3 Å². The third-order valence-electron chi connectivity index (χ3n) is 4.57. The molecule has 0 saturated carbocycles. The maximum absolute atomic E-state index is 13.7. The zero-order valence-corrected chi connectivity index (χ0v) is 12.6. The molecule has 2 bridgehead atoms. The Bertz CT molecular complexity index is 748. The molecule has 2 aromatic rings. The fraction of sp³-hybridized carbons (Fsp3) is 0.467. The van der Waals surface area contributed by atoms with Gasteiger partial charge in [0.25, 0.3) is 0 Å². The van der Waals surface area contributed by atoms with E-state index in [-0.39, 0.29) is 23.4 Å². The van der Waals surface area contributed by atoms with Gasteiger partial charge in [0.1, 0.15) is 11.3 Å². The van der Waals surface area contributed by atoms with E-state index >= 15 is 0 Å². The van der Waals surface area contributed by atoms with Crippen molar-refractivity contribution in [2.75, 3.05) is 5.32 Å². The first kappa shape index (κ1) is 14.0. The highest BCUT2D eigenvalue weighted by atomic mass is 32.1. The minimum Gasteiger partial charge on any atom is -0.310 e. The lowest BCUT2D eigenvalue weighted by atomic mass is 9.91. The van der Waals surface area contributed by atoms with Crippen LogP contribution in [0.2, 0.25) is 0 Å². The Labute approximate surface area is 129 Å². The number of carbonyl (C=O) groups is 1. The summed E-state index contributed by atoms with van der Waals surface area (Å²) < 4.78 is 27.3. The van der Waals surface area contributed by atoms with Crippen LogP contribution in [0.15, 0.2) is 12.1 Å². The van der Waals surface area contributed by atoms with Crippen molar-refractivity contribution in [1.29, 1.82) is 0 Å². The Kier molecular flexibility index (Phi) is 3.34. The molecule has 2 aliphatic rings. The highest BCUT2D eigenvalue weighted by Crippen LogP contribution is 2.33. The second kappa shape index (κ2) is 5.24. The van der Waals surface area contributed by atoms with Crippen molar-refractivity contribution in [3.8, 4) is 0 Å². The summed E-state index contributed by atoms with van der Waals surface area (Å²) in [7, 11) is 0. The molecule has 4 rings (SSSR count). The number of benzene rings is 1. The summed E-state index contributed by atoms with van der Waals surface area (Å²) in [4.78, 5) is 16.5. The number of rotatable bonds is 2. The van der Waals surface area contributed by atoms with Gasteiger partial charge >= 0.3 is 0 Å². The number of hydrogen-bond donors (Lipinski definition) is 2.